The van der Waals surface area contributed by atoms with Crippen molar-refractivity contribution in [3.8, 4) is 0 Å². The average molecular weight is 242 g/mol. The van der Waals surface area contributed by atoms with Gasteiger partial charge in [0.15, 0.2) is 0 Å². The summed E-state index contributed by atoms with van der Waals surface area (Å²) in [6, 6.07) is 0. The summed E-state index contributed by atoms with van der Waals surface area (Å²) in [7, 11) is 1.78. The van der Waals surface area contributed by atoms with Gasteiger partial charge in [-0.3, -0.25) is 4.79 Å². The van der Waals surface area contributed by atoms with Crippen molar-refractivity contribution in [3.05, 3.63) is 0 Å². The molecule has 0 spiro atoms. The molecule has 1 fully saturated rings. The third-order valence-electron chi connectivity index (χ3n) is 4.34. The number of hydrogen-bond acceptors (Lipinski definition) is 3. The molecule has 4 nitrogen and oxygen atoms in total. The van der Waals surface area contributed by atoms with Crippen LogP contribution in [0.3, 0.4) is 0 Å². The first-order valence-electron chi connectivity index (χ1n) is 6.75. The lowest BCUT2D eigenvalue weighted by Crippen LogP contribution is -2.53. The third-order valence-corrected chi connectivity index (χ3v) is 4.34. The Labute approximate surface area is 104 Å². The summed E-state index contributed by atoms with van der Waals surface area (Å²) in [6.45, 7) is 7.40. The Kier molecular flexibility index (Phi) is 5.40. The van der Waals surface area contributed by atoms with Crippen LogP contribution < -0.4 is 5.32 Å². The lowest BCUT2D eigenvalue weighted by atomic mass is 9.84. The van der Waals surface area contributed by atoms with Crippen LogP contribution in [0.2, 0.25) is 0 Å². The molecule has 100 valence electrons. The number of rotatable bonds is 7. The molecule has 0 saturated heterocycles. The van der Waals surface area contributed by atoms with Crippen molar-refractivity contribution in [2.75, 3.05) is 26.7 Å². The molecule has 0 heterocycles. The van der Waals surface area contributed by atoms with Gasteiger partial charge in [-0.25, -0.2) is 0 Å². The molecule has 1 aliphatic rings. The maximum atomic E-state index is 11.5. The summed E-state index contributed by atoms with van der Waals surface area (Å²) in [5, 5.41) is 12.5. The number of aliphatic carboxylic acids is 1. The van der Waals surface area contributed by atoms with Crippen molar-refractivity contribution in [3.63, 3.8) is 0 Å². The van der Waals surface area contributed by atoms with Gasteiger partial charge < -0.3 is 15.3 Å². The highest BCUT2D eigenvalue weighted by Gasteiger charge is 2.47. The van der Waals surface area contributed by atoms with Crippen LogP contribution in [0, 0.1) is 5.92 Å². The number of likely N-dealkylation sites (N-methyl/N-ethyl adjacent to an activating group) is 1. The molecule has 0 amide bonds. The summed E-state index contributed by atoms with van der Waals surface area (Å²) in [5.74, 6) is -0.410. The molecule has 17 heavy (non-hydrogen) atoms. The molecule has 0 radical (unpaired) electrons. The number of nitrogens with one attached hydrogen (secondary N) is 1. The maximum absolute atomic E-state index is 11.5. The van der Waals surface area contributed by atoms with E-state index in [-0.39, 0.29) is 5.92 Å². The smallest absolute Gasteiger partial charge is 0.324 e. The van der Waals surface area contributed by atoms with E-state index in [1.165, 1.54) is 0 Å². The van der Waals surface area contributed by atoms with Crippen LogP contribution in [-0.2, 0) is 4.79 Å². The van der Waals surface area contributed by atoms with Crippen LogP contribution in [0.5, 0.6) is 0 Å². The molecule has 1 rings (SSSR count). The van der Waals surface area contributed by atoms with Gasteiger partial charge in [0.2, 0.25) is 0 Å². The molecule has 2 N–H and O–H groups in total. The average Bonchev–Trinajstić information content (AvgIpc) is 2.74. The second-order valence-corrected chi connectivity index (χ2v) is 4.93. The fourth-order valence-corrected chi connectivity index (χ4v) is 3.06. The topological polar surface area (TPSA) is 52.6 Å². The molecule has 4 heteroatoms. The second-order valence-electron chi connectivity index (χ2n) is 4.93. The molecule has 0 aromatic rings. The van der Waals surface area contributed by atoms with E-state index in [0.717, 1.165) is 45.3 Å². The van der Waals surface area contributed by atoms with Crippen LogP contribution in [0.25, 0.3) is 0 Å². The van der Waals surface area contributed by atoms with Gasteiger partial charge in [-0.2, -0.15) is 0 Å². The molecule has 0 bridgehead atoms. The highest BCUT2D eigenvalue weighted by molar-refractivity contribution is 5.79. The van der Waals surface area contributed by atoms with Crippen molar-refractivity contribution in [2.24, 2.45) is 5.92 Å². The standard InChI is InChI=1S/C13H26N2O2/c1-4-15(5-2)10-8-11-7-6-9-13(11,14-3)12(16)17/h11,14H,4-10H2,1-3H3,(H,16,17). The lowest BCUT2D eigenvalue weighted by molar-refractivity contribution is -0.146. The van der Waals surface area contributed by atoms with Crippen LogP contribution >= 0.6 is 0 Å². The van der Waals surface area contributed by atoms with Crippen molar-refractivity contribution in [1.82, 2.24) is 10.2 Å². The lowest BCUT2D eigenvalue weighted by Gasteiger charge is -2.32. The highest BCUT2D eigenvalue weighted by atomic mass is 16.4. The predicted octanol–water partition coefficient (Wildman–Crippen LogP) is 1.56. The van der Waals surface area contributed by atoms with E-state index in [9.17, 15) is 9.90 Å². The molecule has 1 aliphatic carbocycles. The van der Waals surface area contributed by atoms with Gasteiger partial charge in [0, 0.05) is 0 Å². The molecular formula is C13H26N2O2. The first-order chi connectivity index (χ1) is 8.10. The van der Waals surface area contributed by atoms with Gasteiger partial charge in [0.25, 0.3) is 0 Å². The van der Waals surface area contributed by atoms with Gasteiger partial charge in [0.1, 0.15) is 5.54 Å². The number of carboxylic acids is 1. The molecule has 0 aliphatic heterocycles. The van der Waals surface area contributed by atoms with E-state index < -0.39 is 11.5 Å². The number of hydrogen-bond donors (Lipinski definition) is 2. The van der Waals surface area contributed by atoms with Gasteiger partial charge in [-0.15, -0.1) is 0 Å². The van der Waals surface area contributed by atoms with Gasteiger partial charge in [-0.05, 0) is 51.9 Å². The zero-order valence-corrected chi connectivity index (χ0v) is 11.3. The SMILES string of the molecule is CCN(CC)CCC1CCCC1(NC)C(=O)O. The molecule has 2 atom stereocenters. The fourth-order valence-electron chi connectivity index (χ4n) is 3.06. The van der Waals surface area contributed by atoms with E-state index in [2.05, 4.69) is 24.1 Å². The first kappa shape index (κ1) is 14.5. The predicted molar refractivity (Wildman–Crippen MR) is 69.2 cm³/mol. The van der Waals surface area contributed by atoms with Crippen molar-refractivity contribution in [2.45, 2.75) is 45.1 Å². The Morgan fingerprint density at radius 2 is 2.12 bits per heavy atom. The summed E-state index contributed by atoms with van der Waals surface area (Å²) in [4.78, 5) is 13.8. The molecule has 0 aromatic heterocycles. The molecule has 1 saturated carbocycles. The van der Waals surface area contributed by atoms with E-state index in [1.54, 1.807) is 7.05 Å². The molecular weight excluding hydrogens is 216 g/mol. The summed E-state index contributed by atoms with van der Waals surface area (Å²) >= 11 is 0. The quantitative estimate of drug-likeness (QED) is 0.711. The van der Waals surface area contributed by atoms with Gasteiger partial charge in [-0.1, -0.05) is 20.3 Å². The Morgan fingerprint density at radius 3 is 2.59 bits per heavy atom. The van der Waals surface area contributed by atoms with Crippen LogP contribution in [-0.4, -0.2) is 48.2 Å². The van der Waals surface area contributed by atoms with E-state index in [0.29, 0.717) is 0 Å². The normalized spacial score (nSPS) is 28.8. The maximum Gasteiger partial charge on any atom is 0.324 e. The minimum absolute atomic E-state index is 0.269. The number of nitrogens with zero attached hydrogens (tertiary/aromatic N) is 1. The van der Waals surface area contributed by atoms with Crippen molar-refractivity contribution >= 4 is 5.97 Å². The molecule has 0 aromatic carbocycles. The zero-order chi connectivity index (χ0) is 12.9. The minimum atomic E-state index is -0.679. The number of carbonyl (C=O) groups is 1. The van der Waals surface area contributed by atoms with Crippen molar-refractivity contribution < 1.29 is 9.90 Å². The Morgan fingerprint density at radius 1 is 1.47 bits per heavy atom. The summed E-state index contributed by atoms with van der Waals surface area (Å²) < 4.78 is 0. The summed E-state index contributed by atoms with van der Waals surface area (Å²) in [6.07, 6.45) is 3.81. The minimum Gasteiger partial charge on any atom is -0.480 e. The first-order valence-corrected chi connectivity index (χ1v) is 6.75. The van der Waals surface area contributed by atoms with E-state index >= 15 is 0 Å². The Hall–Kier alpha value is -0.610. The number of carboxylic acid groups (broad SMARTS) is 1. The Bertz CT molecular complexity index is 254. The van der Waals surface area contributed by atoms with Crippen LogP contribution in [0.1, 0.15) is 39.5 Å². The van der Waals surface area contributed by atoms with E-state index in [4.69, 9.17) is 0 Å². The van der Waals surface area contributed by atoms with E-state index in [1.807, 2.05) is 0 Å². The van der Waals surface area contributed by atoms with Crippen LogP contribution in [0.4, 0.5) is 0 Å². The van der Waals surface area contributed by atoms with Gasteiger partial charge in [0.05, 0.1) is 0 Å². The fraction of sp³-hybridized carbons (Fsp3) is 0.923. The monoisotopic (exact) mass is 242 g/mol. The van der Waals surface area contributed by atoms with Crippen LogP contribution in [0.15, 0.2) is 0 Å². The second kappa shape index (κ2) is 6.36. The zero-order valence-electron chi connectivity index (χ0n) is 11.3. The summed E-state index contributed by atoms with van der Waals surface area (Å²) in [5.41, 5.74) is -0.673. The largest absolute Gasteiger partial charge is 0.480 e. The van der Waals surface area contributed by atoms with Gasteiger partial charge >= 0.3 is 5.97 Å². The van der Waals surface area contributed by atoms with Crippen molar-refractivity contribution in [1.29, 1.82) is 0 Å². The highest BCUT2D eigenvalue weighted by Crippen LogP contribution is 2.38. The Balaban J connectivity index is 2.60. The third kappa shape index (κ3) is 2.99. The molecule has 2 unspecified atom stereocenters.